The molecular formula is C18H12Cl3NO2. The Bertz CT molecular complexity index is 918. The molecule has 0 unspecified atom stereocenters. The van der Waals surface area contributed by atoms with Crippen molar-refractivity contribution in [3.63, 3.8) is 0 Å². The standard InChI is InChI=1S/C18H12Cl3NO2/c1-10-13(20)3-2-4-15(10)22-18(23)17-8-7-16(24-17)12-9-11(19)5-6-14(12)21/h2-9H,1H3,(H,22,23). The molecule has 0 aliphatic carbocycles. The van der Waals surface area contributed by atoms with Crippen LogP contribution in [-0.4, -0.2) is 5.91 Å². The van der Waals surface area contributed by atoms with Crippen LogP contribution >= 0.6 is 34.8 Å². The van der Waals surface area contributed by atoms with Gasteiger partial charge in [-0.05, 0) is 55.0 Å². The Hall–Kier alpha value is -1.94. The van der Waals surface area contributed by atoms with Gasteiger partial charge in [-0.15, -0.1) is 0 Å². The molecule has 0 atom stereocenters. The number of carbonyl (C=O) groups excluding carboxylic acids is 1. The van der Waals surface area contributed by atoms with Crippen LogP contribution in [0, 0.1) is 6.92 Å². The maximum atomic E-state index is 12.4. The Balaban J connectivity index is 1.86. The number of benzene rings is 2. The van der Waals surface area contributed by atoms with Gasteiger partial charge in [0.1, 0.15) is 5.76 Å². The van der Waals surface area contributed by atoms with E-state index in [9.17, 15) is 4.79 Å². The summed E-state index contributed by atoms with van der Waals surface area (Å²) in [6, 6.07) is 13.6. The van der Waals surface area contributed by atoms with E-state index in [1.807, 2.05) is 6.92 Å². The number of hydrogen-bond donors (Lipinski definition) is 1. The van der Waals surface area contributed by atoms with Gasteiger partial charge >= 0.3 is 0 Å². The molecule has 6 heteroatoms. The summed E-state index contributed by atoms with van der Waals surface area (Å²) in [5, 5.41) is 4.39. The van der Waals surface area contributed by atoms with Crippen molar-refractivity contribution < 1.29 is 9.21 Å². The van der Waals surface area contributed by atoms with Gasteiger partial charge in [-0.25, -0.2) is 0 Å². The van der Waals surface area contributed by atoms with E-state index < -0.39 is 0 Å². The molecule has 0 saturated carbocycles. The van der Waals surface area contributed by atoms with Crippen LogP contribution < -0.4 is 5.32 Å². The molecule has 24 heavy (non-hydrogen) atoms. The molecule has 0 aliphatic rings. The number of hydrogen-bond acceptors (Lipinski definition) is 2. The van der Waals surface area contributed by atoms with E-state index in [4.69, 9.17) is 39.2 Å². The molecule has 0 fully saturated rings. The van der Waals surface area contributed by atoms with Crippen molar-refractivity contribution in [2.75, 3.05) is 5.32 Å². The molecule has 0 aliphatic heterocycles. The Labute approximate surface area is 154 Å². The van der Waals surface area contributed by atoms with E-state index in [1.54, 1.807) is 48.5 Å². The topological polar surface area (TPSA) is 42.2 Å². The number of furan rings is 1. The molecule has 1 N–H and O–H groups in total. The van der Waals surface area contributed by atoms with Crippen LogP contribution in [0.2, 0.25) is 15.1 Å². The van der Waals surface area contributed by atoms with Crippen molar-refractivity contribution in [3.8, 4) is 11.3 Å². The fraction of sp³-hybridized carbons (Fsp3) is 0.0556. The second kappa shape index (κ2) is 6.89. The van der Waals surface area contributed by atoms with E-state index >= 15 is 0 Å². The average Bonchev–Trinajstić information content (AvgIpc) is 3.04. The van der Waals surface area contributed by atoms with Gasteiger partial charge < -0.3 is 9.73 Å². The Morgan fingerprint density at radius 3 is 2.58 bits per heavy atom. The van der Waals surface area contributed by atoms with Crippen LogP contribution in [0.1, 0.15) is 16.1 Å². The van der Waals surface area contributed by atoms with Gasteiger partial charge in [-0.2, -0.15) is 0 Å². The third-order valence-electron chi connectivity index (χ3n) is 3.54. The van der Waals surface area contributed by atoms with E-state index in [0.717, 1.165) is 5.56 Å². The Morgan fingerprint density at radius 2 is 1.79 bits per heavy atom. The molecule has 3 aromatic rings. The smallest absolute Gasteiger partial charge is 0.291 e. The minimum Gasteiger partial charge on any atom is -0.451 e. The van der Waals surface area contributed by atoms with E-state index in [2.05, 4.69) is 5.32 Å². The Kier molecular flexibility index (Phi) is 4.86. The summed E-state index contributed by atoms with van der Waals surface area (Å²) in [5.74, 6) is 0.264. The minimum atomic E-state index is -0.371. The second-order valence-corrected chi connectivity index (χ2v) is 6.41. The second-order valence-electron chi connectivity index (χ2n) is 5.15. The van der Waals surface area contributed by atoms with Gasteiger partial charge in [0, 0.05) is 21.3 Å². The van der Waals surface area contributed by atoms with Crippen LogP contribution in [0.4, 0.5) is 5.69 Å². The normalized spacial score (nSPS) is 10.7. The molecule has 3 rings (SSSR count). The monoisotopic (exact) mass is 379 g/mol. The van der Waals surface area contributed by atoms with Crippen molar-refractivity contribution in [1.82, 2.24) is 0 Å². The van der Waals surface area contributed by atoms with Crippen LogP contribution in [0.3, 0.4) is 0 Å². The zero-order valence-corrected chi connectivity index (χ0v) is 14.8. The number of carbonyl (C=O) groups is 1. The molecule has 122 valence electrons. The van der Waals surface area contributed by atoms with Crippen molar-refractivity contribution in [1.29, 1.82) is 0 Å². The molecule has 0 saturated heterocycles. The first-order valence-corrected chi connectivity index (χ1v) is 8.21. The number of nitrogens with one attached hydrogen (secondary N) is 1. The van der Waals surface area contributed by atoms with Crippen LogP contribution in [0.15, 0.2) is 52.9 Å². The lowest BCUT2D eigenvalue weighted by Gasteiger charge is -2.08. The fourth-order valence-electron chi connectivity index (χ4n) is 2.22. The number of amides is 1. The quantitative estimate of drug-likeness (QED) is 0.566. The summed E-state index contributed by atoms with van der Waals surface area (Å²) in [5.41, 5.74) is 2.05. The average molecular weight is 381 g/mol. The largest absolute Gasteiger partial charge is 0.451 e. The lowest BCUT2D eigenvalue weighted by molar-refractivity contribution is 0.0997. The molecule has 0 bridgehead atoms. The molecule has 0 radical (unpaired) electrons. The van der Waals surface area contributed by atoms with E-state index in [1.165, 1.54) is 0 Å². The molecule has 0 spiro atoms. The Morgan fingerprint density at radius 1 is 1.00 bits per heavy atom. The first-order chi connectivity index (χ1) is 11.5. The first kappa shape index (κ1) is 16.9. The zero-order chi connectivity index (χ0) is 17.3. The van der Waals surface area contributed by atoms with Crippen LogP contribution in [0.5, 0.6) is 0 Å². The van der Waals surface area contributed by atoms with Gasteiger partial charge in [0.15, 0.2) is 5.76 Å². The van der Waals surface area contributed by atoms with Gasteiger partial charge in [0.05, 0.1) is 5.02 Å². The highest BCUT2D eigenvalue weighted by Crippen LogP contribution is 2.32. The zero-order valence-electron chi connectivity index (χ0n) is 12.6. The van der Waals surface area contributed by atoms with Crippen molar-refractivity contribution >= 4 is 46.4 Å². The van der Waals surface area contributed by atoms with E-state index in [0.29, 0.717) is 32.1 Å². The molecule has 2 aromatic carbocycles. The maximum absolute atomic E-state index is 12.4. The molecule has 1 amide bonds. The fourth-order valence-corrected chi connectivity index (χ4v) is 2.78. The number of anilines is 1. The van der Waals surface area contributed by atoms with Gasteiger partial charge in [0.25, 0.3) is 5.91 Å². The predicted octanol–water partition coefficient (Wildman–Crippen LogP) is 6.47. The number of rotatable bonds is 3. The maximum Gasteiger partial charge on any atom is 0.291 e. The van der Waals surface area contributed by atoms with Gasteiger partial charge in [-0.1, -0.05) is 40.9 Å². The lowest BCUT2D eigenvalue weighted by atomic mass is 10.2. The molecule has 1 aromatic heterocycles. The summed E-state index contributed by atoms with van der Waals surface area (Å²) in [7, 11) is 0. The van der Waals surface area contributed by atoms with Crippen molar-refractivity contribution in [2.45, 2.75) is 6.92 Å². The summed E-state index contributed by atoms with van der Waals surface area (Å²) < 4.78 is 5.62. The molecule has 3 nitrogen and oxygen atoms in total. The molecule has 1 heterocycles. The van der Waals surface area contributed by atoms with Crippen LogP contribution in [-0.2, 0) is 0 Å². The first-order valence-electron chi connectivity index (χ1n) is 7.07. The van der Waals surface area contributed by atoms with E-state index in [-0.39, 0.29) is 11.7 Å². The lowest BCUT2D eigenvalue weighted by Crippen LogP contribution is -2.11. The third kappa shape index (κ3) is 3.44. The summed E-state index contributed by atoms with van der Waals surface area (Å²) in [6.45, 7) is 1.83. The number of halogens is 3. The predicted molar refractivity (Wildman–Crippen MR) is 98.3 cm³/mol. The SMILES string of the molecule is Cc1c(Cl)cccc1NC(=O)c1ccc(-c2cc(Cl)ccc2Cl)o1. The highest BCUT2D eigenvalue weighted by molar-refractivity contribution is 6.35. The summed E-state index contributed by atoms with van der Waals surface area (Å²) in [6.07, 6.45) is 0. The van der Waals surface area contributed by atoms with Gasteiger partial charge in [0.2, 0.25) is 0 Å². The highest BCUT2D eigenvalue weighted by atomic mass is 35.5. The van der Waals surface area contributed by atoms with Crippen molar-refractivity contribution in [3.05, 3.63) is 74.9 Å². The molecular weight excluding hydrogens is 369 g/mol. The third-order valence-corrected chi connectivity index (χ3v) is 4.51. The summed E-state index contributed by atoms with van der Waals surface area (Å²) >= 11 is 18.2. The minimum absolute atomic E-state index is 0.167. The highest BCUT2D eigenvalue weighted by Gasteiger charge is 2.15. The van der Waals surface area contributed by atoms with Crippen molar-refractivity contribution in [2.24, 2.45) is 0 Å². The summed E-state index contributed by atoms with van der Waals surface area (Å²) in [4.78, 5) is 12.4. The van der Waals surface area contributed by atoms with Gasteiger partial charge in [-0.3, -0.25) is 4.79 Å². The van der Waals surface area contributed by atoms with Crippen LogP contribution in [0.25, 0.3) is 11.3 Å².